The summed E-state index contributed by atoms with van der Waals surface area (Å²) < 4.78 is 0. The third-order valence-electron chi connectivity index (χ3n) is 2.88. The summed E-state index contributed by atoms with van der Waals surface area (Å²) in [5.41, 5.74) is 7.32. The molecule has 0 radical (unpaired) electrons. The highest BCUT2D eigenvalue weighted by molar-refractivity contribution is 6.31. The summed E-state index contributed by atoms with van der Waals surface area (Å²) in [6.45, 7) is 1.87. The summed E-state index contributed by atoms with van der Waals surface area (Å²) in [5.74, 6) is -1.01. The average Bonchev–Trinajstić information content (AvgIpc) is 2.49. The SMILES string of the molecule is Cc1ccc(NC(=O)NNc2ccc(C(=O)O)cc2)cc1Cl. The molecular weight excluding hydrogens is 306 g/mol. The molecule has 0 aliphatic carbocycles. The molecule has 0 heterocycles. The smallest absolute Gasteiger partial charge is 0.337 e. The molecule has 0 aromatic heterocycles. The number of hydrazine groups is 1. The molecule has 7 heteroatoms. The van der Waals surface area contributed by atoms with Gasteiger partial charge in [-0.15, -0.1) is 0 Å². The topological polar surface area (TPSA) is 90.5 Å². The van der Waals surface area contributed by atoms with Gasteiger partial charge in [-0.3, -0.25) is 10.9 Å². The molecule has 0 aliphatic heterocycles. The maximum absolute atomic E-state index is 11.7. The number of urea groups is 1. The number of carboxylic acids is 1. The number of carbonyl (C=O) groups is 2. The van der Waals surface area contributed by atoms with E-state index in [0.29, 0.717) is 16.4 Å². The third-order valence-corrected chi connectivity index (χ3v) is 3.29. The van der Waals surface area contributed by atoms with Gasteiger partial charge in [0, 0.05) is 10.7 Å². The van der Waals surface area contributed by atoms with Gasteiger partial charge in [-0.2, -0.15) is 0 Å². The highest BCUT2D eigenvalue weighted by Crippen LogP contribution is 2.19. The van der Waals surface area contributed by atoms with E-state index in [1.165, 1.54) is 12.1 Å². The predicted octanol–water partition coefficient (Wildman–Crippen LogP) is 3.50. The van der Waals surface area contributed by atoms with Crippen LogP contribution in [0.1, 0.15) is 15.9 Å². The second kappa shape index (κ2) is 6.82. The predicted molar refractivity (Wildman–Crippen MR) is 85.4 cm³/mol. The van der Waals surface area contributed by atoms with Crippen LogP contribution in [0.5, 0.6) is 0 Å². The zero-order valence-corrected chi connectivity index (χ0v) is 12.4. The van der Waals surface area contributed by atoms with E-state index in [-0.39, 0.29) is 5.56 Å². The molecule has 0 aliphatic rings. The van der Waals surface area contributed by atoms with Crippen LogP contribution in [0.15, 0.2) is 42.5 Å². The van der Waals surface area contributed by atoms with Crippen LogP contribution < -0.4 is 16.2 Å². The fourth-order valence-corrected chi connectivity index (χ4v) is 1.84. The normalized spacial score (nSPS) is 9.91. The standard InChI is InChI=1S/C15H14ClN3O3/c1-9-2-5-12(8-13(9)16)17-15(22)19-18-11-6-3-10(4-7-11)14(20)21/h2-8,18H,1H3,(H,20,21)(H2,17,19,22). The Morgan fingerprint density at radius 3 is 2.27 bits per heavy atom. The van der Waals surface area contributed by atoms with Crippen molar-refractivity contribution in [2.75, 3.05) is 10.7 Å². The summed E-state index contributed by atoms with van der Waals surface area (Å²) in [4.78, 5) is 22.5. The van der Waals surface area contributed by atoms with Crippen LogP contribution in [0.4, 0.5) is 16.2 Å². The van der Waals surface area contributed by atoms with Crippen molar-refractivity contribution in [1.29, 1.82) is 0 Å². The number of carbonyl (C=O) groups excluding carboxylic acids is 1. The van der Waals surface area contributed by atoms with Crippen molar-refractivity contribution in [2.45, 2.75) is 6.92 Å². The number of rotatable bonds is 4. The fourth-order valence-electron chi connectivity index (χ4n) is 1.66. The monoisotopic (exact) mass is 319 g/mol. The van der Waals surface area contributed by atoms with Crippen LogP contribution in [-0.2, 0) is 0 Å². The van der Waals surface area contributed by atoms with Crippen molar-refractivity contribution in [3.63, 3.8) is 0 Å². The summed E-state index contributed by atoms with van der Waals surface area (Å²) in [6.07, 6.45) is 0. The second-order valence-corrected chi connectivity index (χ2v) is 4.96. The molecular formula is C15H14ClN3O3. The Labute approximate surface area is 132 Å². The lowest BCUT2D eigenvalue weighted by molar-refractivity contribution is 0.0697. The first-order chi connectivity index (χ1) is 10.5. The van der Waals surface area contributed by atoms with Gasteiger partial charge in [-0.25, -0.2) is 9.59 Å². The minimum atomic E-state index is -1.01. The first-order valence-corrected chi connectivity index (χ1v) is 6.76. The molecule has 0 spiro atoms. The Hall–Kier alpha value is -2.73. The highest BCUT2D eigenvalue weighted by atomic mass is 35.5. The Kier molecular flexibility index (Phi) is 4.85. The molecule has 0 saturated carbocycles. The molecule has 2 amide bonds. The van der Waals surface area contributed by atoms with E-state index in [1.54, 1.807) is 30.3 Å². The first-order valence-electron chi connectivity index (χ1n) is 6.38. The van der Waals surface area contributed by atoms with E-state index >= 15 is 0 Å². The zero-order valence-electron chi connectivity index (χ0n) is 11.7. The molecule has 22 heavy (non-hydrogen) atoms. The highest BCUT2D eigenvalue weighted by Gasteiger charge is 2.04. The van der Waals surface area contributed by atoms with Gasteiger partial charge in [-0.1, -0.05) is 17.7 Å². The Morgan fingerprint density at radius 2 is 1.68 bits per heavy atom. The molecule has 2 rings (SSSR count). The maximum Gasteiger partial charge on any atom is 0.337 e. The number of halogens is 1. The molecule has 0 fully saturated rings. The summed E-state index contributed by atoms with van der Waals surface area (Å²) in [5, 5.41) is 12.0. The van der Waals surface area contributed by atoms with E-state index in [1.807, 2.05) is 6.92 Å². The lowest BCUT2D eigenvalue weighted by Crippen LogP contribution is -2.33. The summed E-state index contributed by atoms with van der Waals surface area (Å²) in [6, 6.07) is 10.7. The van der Waals surface area contributed by atoms with Crippen LogP contribution in [0, 0.1) is 6.92 Å². The number of amides is 2. The van der Waals surface area contributed by atoms with Crippen molar-refractivity contribution in [3.8, 4) is 0 Å². The maximum atomic E-state index is 11.7. The minimum absolute atomic E-state index is 0.171. The summed E-state index contributed by atoms with van der Waals surface area (Å²) in [7, 11) is 0. The van der Waals surface area contributed by atoms with E-state index < -0.39 is 12.0 Å². The molecule has 0 bridgehead atoms. The van der Waals surface area contributed by atoms with Crippen molar-refractivity contribution < 1.29 is 14.7 Å². The molecule has 0 atom stereocenters. The largest absolute Gasteiger partial charge is 0.478 e. The lowest BCUT2D eigenvalue weighted by atomic mass is 10.2. The average molecular weight is 320 g/mol. The molecule has 6 nitrogen and oxygen atoms in total. The quantitative estimate of drug-likeness (QED) is 0.649. The van der Waals surface area contributed by atoms with Crippen molar-refractivity contribution in [3.05, 3.63) is 58.6 Å². The van der Waals surface area contributed by atoms with Gasteiger partial charge in [0.25, 0.3) is 0 Å². The second-order valence-electron chi connectivity index (χ2n) is 4.55. The van der Waals surface area contributed by atoms with Gasteiger partial charge in [0.05, 0.1) is 11.3 Å². The number of aromatic carboxylic acids is 1. The van der Waals surface area contributed by atoms with Gasteiger partial charge in [-0.05, 0) is 48.9 Å². The van der Waals surface area contributed by atoms with Crippen molar-refractivity contribution in [1.82, 2.24) is 5.43 Å². The van der Waals surface area contributed by atoms with Gasteiger partial charge < -0.3 is 10.4 Å². The summed E-state index contributed by atoms with van der Waals surface area (Å²) >= 11 is 5.98. The van der Waals surface area contributed by atoms with Gasteiger partial charge in [0.2, 0.25) is 0 Å². The molecule has 0 unspecified atom stereocenters. The lowest BCUT2D eigenvalue weighted by Gasteiger charge is -2.10. The van der Waals surface area contributed by atoms with Crippen LogP contribution in [-0.4, -0.2) is 17.1 Å². The number of carboxylic acid groups (broad SMARTS) is 1. The first kappa shape index (κ1) is 15.7. The van der Waals surface area contributed by atoms with E-state index in [4.69, 9.17) is 16.7 Å². The van der Waals surface area contributed by atoms with E-state index in [2.05, 4.69) is 16.2 Å². The Balaban J connectivity index is 1.89. The van der Waals surface area contributed by atoms with Crippen LogP contribution >= 0.6 is 11.6 Å². The van der Waals surface area contributed by atoms with Crippen LogP contribution in [0.2, 0.25) is 5.02 Å². The molecule has 2 aromatic rings. The third kappa shape index (κ3) is 4.13. The number of benzene rings is 2. The molecule has 2 aromatic carbocycles. The van der Waals surface area contributed by atoms with Gasteiger partial charge in [0.1, 0.15) is 0 Å². The van der Waals surface area contributed by atoms with Crippen LogP contribution in [0.25, 0.3) is 0 Å². The van der Waals surface area contributed by atoms with Crippen LogP contribution in [0.3, 0.4) is 0 Å². The zero-order chi connectivity index (χ0) is 16.1. The number of hydrogen-bond acceptors (Lipinski definition) is 3. The Bertz CT molecular complexity index is 702. The van der Waals surface area contributed by atoms with E-state index in [0.717, 1.165) is 5.56 Å². The van der Waals surface area contributed by atoms with Gasteiger partial charge in [0.15, 0.2) is 0 Å². The van der Waals surface area contributed by atoms with Crippen molar-refractivity contribution >= 4 is 35.0 Å². The van der Waals surface area contributed by atoms with E-state index in [9.17, 15) is 9.59 Å². The van der Waals surface area contributed by atoms with Gasteiger partial charge >= 0.3 is 12.0 Å². The molecule has 0 saturated heterocycles. The number of nitrogens with one attached hydrogen (secondary N) is 3. The number of aryl methyl sites for hydroxylation is 1. The minimum Gasteiger partial charge on any atom is -0.478 e. The number of anilines is 2. The Morgan fingerprint density at radius 1 is 1.05 bits per heavy atom. The fraction of sp³-hybridized carbons (Fsp3) is 0.0667. The molecule has 114 valence electrons. The number of hydrogen-bond donors (Lipinski definition) is 4. The molecule has 4 N–H and O–H groups in total. The van der Waals surface area contributed by atoms with Crippen molar-refractivity contribution in [2.24, 2.45) is 0 Å².